The van der Waals surface area contributed by atoms with Crippen molar-refractivity contribution < 1.29 is 41.7 Å². The minimum Gasteiger partial charge on any atom is -0.463 e. The molecule has 0 saturated carbocycles. The van der Waals surface area contributed by atoms with Crippen LogP contribution >= 0.6 is 0 Å². The number of ether oxygens (including phenoxy) is 4. The fraction of sp³-hybridized carbons (Fsp3) is 0.480. The van der Waals surface area contributed by atoms with E-state index in [0.29, 0.717) is 0 Å². The van der Waals surface area contributed by atoms with Crippen molar-refractivity contribution in [3.63, 3.8) is 0 Å². The van der Waals surface area contributed by atoms with Gasteiger partial charge in [-0.3, -0.25) is 0 Å². The van der Waals surface area contributed by atoms with E-state index in [1.54, 1.807) is 20.8 Å². The normalized spacial score (nSPS) is 16.0. The fourth-order valence-electron chi connectivity index (χ4n) is 3.76. The average molecular weight is 511 g/mol. The zero-order valence-corrected chi connectivity index (χ0v) is 20.5. The lowest BCUT2D eigenvalue weighted by Gasteiger charge is -2.34. The lowest BCUT2D eigenvalue weighted by Crippen LogP contribution is -2.39. The van der Waals surface area contributed by atoms with Crippen molar-refractivity contribution in [2.24, 2.45) is 0 Å². The van der Waals surface area contributed by atoms with Gasteiger partial charge in [0.2, 0.25) is 0 Å². The van der Waals surface area contributed by atoms with E-state index >= 15 is 0 Å². The smallest absolute Gasteiger partial charge is 0.416 e. The molecule has 1 aliphatic rings. The molecular weight excluding hydrogens is 481 g/mol. The molecule has 0 spiro atoms. The van der Waals surface area contributed by atoms with Crippen LogP contribution in [0.5, 0.6) is 0 Å². The van der Waals surface area contributed by atoms with Crippen LogP contribution in [0, 0.1) is 11.3 Å². The molecule has 0 amide bonds. The van der Waals surface area contributed by atoms with Crippen LogP contribution in [0.3, 0.4) is 0 Å². The number of benzene rings is 1. The molecule has 1 aromatic rings. The highest BCUT2D eigenvalue weighted by Gasteiger charge is 2.42. The molecule has 0 aliphatic carbocycles. The lowest BCUT2D eigenvalue weighted by atomic mass is 9.79. The van der Waals surface area contributed by atoms with Crippen molar-refractivity contribution >= 4 is 11.9 Å². The largest absolute Gasteiger partial charge is 0.463 e. The number of alkyl halides is 3. The van der Waals surface area contributed by atoms with Crippen LogP contribution < -0.4 is 5.32 Å². The van der Waals surface area contributed by atoms with Crippen molar-refractivity contribution in [3.05, 3.63) is 57.9 Å². The number of dihydropyridines is 1. The predicted octanol–water partition coefficient (Wildman–Crippen LogP) is 4.34. The number of rotatable bonds is 11. The molecule has 196 valence electrons. The van der Waals surface area contributed by atoms with Gasteiger partial charge in [0.15, 0.2) is 6.29 Å². The molecule has 1 aromatic carbocycles. The lowest BCUT2D eigenvalue weighted by molar-refractivity contribution is -0.141. The van der Waals surface area contributed by atoms with Gasteiger partial charge in [-0.1, -0.05) is 18.2 Å². The summed E-state index contributed by atoms with van der Waals surface area (Å²) in [6, 6.07) is 6.19. The Morgan fingerprint density at radius 1 is 1.06 bits per heavy atom. The number of nitriles is 1. The van der Waals surface area contributed by atoms with Gasteiger partial charge in [0, 0.05) is 18.9 Å². The average Bonchev–Trinajstić information content (AvgIpc) is 2.83. The van der Waals surface area contributed by atoms with Crippen molar-refractivity contribution in [1.29, 1.82) is 5.26 Å². The van der Waals surface area contributed by atoms with Crippen LogP contribution in [0.2, 0.25) is 0 Å². The van der Waals surface area contributed by atoms with Gasteiger partial charge in [0.05, 0.1) is 47.4 Å². The number of carbonyl (C=O) groups is 2. The van der Waals surface area contributed by atoms with E-state index in [2.05, 4.69) is 5.32 Å². The Morgan fingerprint density at radius 2 is 1.69 bits per heavy atom. The SMILES string of the molecule is CCOC(=O)C1=C(C(OCC)OCC)NC(C)=C(C(=O)OCCC#N)C1c1cccc(C(F)(F)F)c1. The molecule has 0 aromatic heterocycles. The van der Waals surface area contributed by atoms with E-state index in [-0.39, 0.29) is 61.0 Å². The first-order chi connectivity index (χ1) is 17.1. The monoisotopic (exact) mass is 510 g/mol. The molecule has 0 fully saturated rings. The Labute approximate surface area is 207 Å². The summed E-state index contributed by atoms with van der Waals surface area (Å²) in [5.41, 5.74) is -0.821. The van der Waals surface area contributed by atoms with Crippen molar-refractivity contribution in [1.82, 2.24) is 5.32 Å². The summed E-state index contributed by atoms with van der Waals surface area (Å²) in [6.45, 7) is 6.68. The van der Waals surface area contributed by atoms with Crippen LogP contribution in [-0.2, 0) is 34.7 Å². The number of nitrogens with one attached hydrogen (secondary N) is 1. The second-order valence-corrected chi connectivity index (χ2v) is 7.55. The minimum atomic E-state index is -4.66. The first kappa shape index (κ1) is 28.9. The molecule has 1 heterocycles. The summed E-state index contributed by atoms with van der Waals surface area (Å²) in [7, 11) is 0. The number of carbonyl (C=O) groups excluding carboxylic acids is 2. The molecule has 1 unspecified atom stereocenters. The molecule has 36 heavy (non-hydrogen) atoms. The first-order valence-corrected chi connectivity index (χ1v) is 11.4. The summed E-state index contributed by atoms with van der Waals surface area (Å²) in [6.07, 6.45) is -5.83. The summed E-state index contributed by atoms with van der Waals surface area (Å²) in [4.78, 5) is 26.4. The van der Waals surface area contributed by atoms with Crippen molar-refractivity contribution in [3.8, 4) is 6.07 Å². The second kappa shape index (κ2) is 13.1. The Bertz CT molecular complexity index is 1050. The highest BCUT2D eigenvalue weighted by Crippen LogP contribution is 2.42. The molecule has 0 radical (unpaired) electrons. The third kappa shape index (κ3) is 6.86. The Hall–Kier alpha value is -3.36. The highest BCUT2D eigenvalue weighted by molar-refractivity contribution is 6.00. The first-order valence-electron chi connectivity index (χ1n) is 11.4. The summed E-state index contributed by atoms with van der Waals surface area (Å²) in [5, 5.41) is 11.7. The summed E-state index contributed by atoms with van der Waals surface area (Å²) < 4.78 is 62.5. The quantitative estimate of drug-likeness (QED) is 0.266. The zero-order chi connectivity index (χ0) is 26.9. The summed E-state index contributed by atoms with van der Waals surface area (Å²) >= 11 is 0. The Morgan fingerprint density at radius 3 is 2.25 bits per heavy atom. The van der Waals surface area contributed by atoms with Gasteiger partial charge in [-0.15, -0.1) is 0 Å². The molecule has 2 rings (SSSR count). The molecule has 1 aliphatic heterocycles. The van der Waals surface area contributed by atoms with Crippen molar-refractivity contribution in [2.75, 3.05) is 26.4 Å². The molecule has 1 atom stereocenters. The molecule has 11 heteroatoms. The Balaban J connectivity index is 2.82. The standard InChI is InChI=1S/C25H29F3N2O6/c1-5-33-23(32)20-19(16-10-8-11-17(14-16)25(26,27)28)18(22(31)36-13-9-12-29)15(4)30-21(20)24(34-6-2)35-7-3/h8,10-11,14,19,24,30H,5-7,9,13H2,1-4H3. The third-order valence-corrected chi connectivity index (χ3v) is 5.18. The minimum absolute atomic E-state index is 0.0187. The highest BCUT2D eigenvalue weighted by atomic mass is 19.4. The molecule has 8 nitrogen and oxygen atoms in total. The van der Waals surface area contributed by atoms with Gasteiger partial charge in [-0.25, -0.2) is 9.59 Å². The number of hydrogen-bond acceptors (Lipinski definition) is 8. The molecule has 0 saturated heterocycles. The van der Waals surface area contributed by atoms with Crippen LogP contribution in [0.4, 0.5) is 13.2 Å². The van der Waals surface area contributed by atoms with E-state index in [0.717, 1.165) is 12.1 Å². The number of nitrogens with zero attached hydrogens (tertiary/aromatic N) is 1. The van der Waals surface area contributed by atoms with E-state index in [1.807, 2.05) is 6.07 Å². The number of esters is 2. The third-order valence-electron chi connectivity index (χ3n) is 5.18. The van der Waals surface area contributed by atoms with Gasteiger partial charge in [0.1, 0.15) is 6.61 Å². The van der Waals surface area contributed by atoms with Gasteiger partial charge in [0.25, 0.3) is 0 Å². The van der Waals surface area contributed by atoms with E-state index in [1.165, 1.54) is 19.1 Å². The predicted molar refractivity (Wildman–Crippen MR) is 122 cm³/mol. The Kier molecular flexibility index (Phi) is 10.5. The summed E-state index contributed by atoms with van der Waals surface area (Å²) in [5.74, 6) is -3.04. The number of hydrogen-bond donors (Lipinski definition) is 1. The van der Waals surface area contributed by atoms with E-state index in [9.17, 15) is 22.8 Å². The van der Waals surface area contributed by atoms with Crippen LogP contribution in [-0.4, -0.2) is 44.7 Å². The van der Waals surface area contributed by atoms with Crippen LogP contribution in [0.1, 0.15) is 51.2 Å². The van der Waals surface area contributed by atoms with Gasteiger partial charge >= 0.3 is 18.1 Å². The van der Waals surface area contributed by atoms with Gasteiger partial charge < -0.3 is 24.3 Å². The maximum absolute atomic E-state index is 13.6. The van der Waals surface area contributed by atoms with Gasteiger partial charge in [-0.2, -0.15) is 18.4 Å². The topological polar surface area (TPSA) is 107 Å². The van der Waals surface area contributed by atoms with Crippen LogP contribution in [0.25, 0.3) is 0 Å². The van der Waals surface area contributed by atoms with Gasteiger partial charge in [-0.05, 0) is 39.3 Å². The zero-order valence-electron chi connectivity index (χ0n) is 20.5. The van der Waals surface area contributed by atoms with Crippen molar-refractivity contribution in [2.45, 2.75) is 52.5 Å². The molecule has 0 bridgehead atoms. The maximum atomic E-state index is 13.6. The second-order valence-electron chi connectivity index (χ2n) is 7.55. The van der Waals surface area contributed by atoms with E-state index < -0.39 is 35.9 Å². The maximum Gasteiger partial charge on any atom is 0.416 e. The fourth-order valence-corrected chi connectivity index (χ4v) is 3.76. The number of allylic oxidation sites excluding steroid dienone is 1. The molecule has 1 N–H and O–H groups in total. The van der Waals surface area contributed by atoms with Crippen LogP contribution in [0.15, 0.2) is 46.8 Å². The number of halogens is 3. The molecular formula is C25H29F3N2O6. The van der Waals surface area contributed by atoms with E-state index in [4.69, 9.17) is 24.2 Å².